The fourth-order valence-electron chi connectivity index (χ4n) is 2.96. The van der Waals surface area contributed by atoms with E-state index in [2.05, 4.69) is 10.2 Å². The van der Waals surface area contributed by atoms with E-state index in [1.165, 1.54) is 25.0 Å². The molecule has 110 valence electrons. The molecule has 1 saturated carbocycles. The van der Waals surface area contributed by atoms with Crippen LogP contribution in [-0.4, -0.2) is 35.5 Å². The zero-order chi connectivity index (χ0) is 14.8. The first-order valence-electron chi connectivity index (χ1n) is 7.34. The fraction of sp³-hybridized carbons (Fsp3) is 0.533. The van der Waals surface area contributed by atoms with E-state index in [0.717, 1.165) is 32.1 Å². The Kier molecular flexibility index (Phi) is 3.76. The number of nitro groups is 1. The van der Waals surface area contributed by atoms with Gasteiger partial charge in [-0.15, -0.1) is 0 Å². The van der Waals surface area contributed by atoms with E-state index in [1.807, 2.05) is 6.07 Å². The Labute approximate surface area is 123 Å². The van der Waals surface area contributed by atoms with Gasteiger partial charge in [-0.3, -0.25) is 10.1 Å². The lowest BCUT2D eigenvalue weighted by Crippen LogP contribution is -2.24. The van der Waals surface area contributed by atoms with E-state index in [9.17, 15) is 10.1 Å². The molecule has 0 spiro atoms. The second kappa shape index (κ2) is 5.70. The molecule has 21 heavy (non-hydrogen) atoms. The first kappa shape index (κ1) is 13.8. The highest BCUT2D eigenvalue weighted by Gasteiger charge is 2.34. The number of nitrogens with one attached hydrogen (secondary N) is 1. The van der Waals surface area contributed by atoms with Crippen molar-refractivity contribution in [1.29, 1.82) is 5.26 Å². The minimum atomic E-state index is -0.408. The zero-order valence-electron chi connectivity index (χ0n) is 11.8. The third-order valence-electron chi connectivity index (χ3n) is 4.28. The van der Waals surface area contributed by atoms with E-state index in [0.29, 0.717) is 17.2 Å². The van der Waals surface area contributed by atoms with E-state index in [1.54, 1.807) is 6.07 Å². The highest BCUT2D eigenvalue weighted by atomic mass is 16.6. The molecule has 0 amide bonds. The van der Waals surface area contributed by atoms with Crippen molar-refractivity contribution in [2.75, 3.05) is 25.0 Å². The van der Waals surface area contributed by atoms with Gasteiger partial charge in [0.1, 0.15) is 5.69 Å². The number of hydrogen-bond acceptors (Lipinski definition) is 5. The summed E-state index contributed by atoms with van der Waals surface area (Å²) in [5.74, 6) is 0.524. The first-order valence-corrected chi connectivity index (χ1v) is 7.34. The Morgan fingerprint density at radius 3 is 2.90 bits per heavy atom. The molecular formula is C15H18N4O2. The number of anilines is 1. The third kappa shape index (κ3) is 3.14. The van der Waals surface area contributed by atoms with Gasteiger partial charge in [-0.2, -0.15) is 5.26 Å². The Morgan fingerprint density at radius 1 is 1.43 bits per heavy atom. The van der Waals surface area contributed by atoms with Crippen molar-refractivity contribution in [3.8, 4) is 6.07 Å². The monoisotopic (exact) mass is 286 g/mol. The van der Waals surface area contributed by atoms with Crippen molar-refractivity contribution in [3.05, 3.63) is 33.9 Å². The molecule has 1 aromatic rings. The minimum Gasteiger partial charge on any atom is -0.379 e. The van der Waals surface area contributed by atoms with Crippen molar-refractivity contribution >= 4 is 11.4 Å². The molecule has 6 heteroatoms. The summed E-state index contributed by atoms with van der Waals surface area (Å²) < 4.78 is 0. The van der Waals surface area contributed by atoms with Crippen LogP contribution >= 0.6 is 0 Å². The third-order valence-corrected chi connectivity index (χ3v) is 4.28. The lowest BCUT2D eigenvalue weighted by molar-refractivity contribution is -0.384. The van der Waals surface area contributed by atoms with Crippen LogP contribution in [0, 0.1) is 27.4 Å². The highest BCUT2D eigenvalue weighted by Crippen LogP contribution is 2.32. The molecule has 1 aliphatic carbocycles. The Balaban J connectivity index is 1.64. The summed E-state index contributed by atoms with van der Waals surface area (Å²) in [5, 5.41) is 23.1. The van der Waals surface area contributed by atoms with E-state index in [-0.39, 0.29) is 5.69 Å². The van der Waals surface area contributed by atoms with Gasteiger partial charge in [-0.05, 0) is 43.9 Å². The molecule has 3 rings (SSSR count). The molecule has 1 atom stereocenters. The fourth-order valence-corrected chi connectivity index (χ4v) is 2.96. The summed E-state index contributed by atoms with van der Waals surface area (Å²) in [5.41, 5.74) is 0.920. The minimum absolute atomic E-state index is 0.0334. The van der Waals surface area contributed by atoms with Gasteiger partial charge < -0.3 is 10.2 Å². The molecule has 1 aliphatic heterocycles. The largest absolute Gasteiger partial charge is 0.379 e. The molecule has 0 aromatic heterocycles. The second-order valence-corrected chi connectivity index (χ2v) is 5.86. The van der Waals surface area contributed by atoms with Gasteiger partial charge in [-0.1, -0.05) is 0 Å². The lowest BCUT2D eigenvalue weighted by atomic mass is 10.1. The SMILES string of the molecule is N#Cc1ccc([N+](=O)[O-])c(NCC2CCN(C3CC3)C2)c1. The zero-order valence-corrected chi connectivity index (χ0v) is 11.8. The Morgan fingerprint density at radius 2 is 2.24 bits per heavy atom. The van der Waals surface area contributed by atoms with Crippen LogP contribution in [0.2, 0.25) is 0 Å². The highest BCUT2D eigenvalue weighted by molar-refractivity contribution is 5.64. The number of benzene rings is 1. The Hall–Kier alpha value is -2.13. The normalized spacial score (nSPS) is 22.0. The number of nitrogens with zero attached hydrogens (tertiary/aromatic N) is 3. The van der Waals surface area contributed by atoms with E-state index < -0.39 is 4.92 Å². The van der Waals surface area contributed by atoms with Gasteiger partial charge in [0.2, 0.25) is 0 Å². The molecule has 1 N–H and O–H groups in total. The van der Waals surface area contributed by atoms with Gasteiger partial charge in [-0.25, -0.2) is 0 Å². The molecule has 1 unspecified atom stereocenters. The Bertz CT molecular complexity index is 592. The molecule has 2 fully saturated rings. The van der Waals surface area contributed by atoms with Crippen LogP contribution in [0.3, 0.4) is 0 Å². The summed E-state index contributed by atoms with van der Waals surface area (Å²) in [7, 11) is 0. The maximum atomic E-state index is 11.0. The molecule has 1 saturated heterocycles. The van der Waals surface area contributed by atoms with Gasteiger partial charge in [0.25, 0.3) is 5.69 Å². The van der Waals surface area contributed by atoms with Crippen LogP contribution in [-0.2, 0) is 0 Å². The number of nitriles is 1. The maximum absolute atomic E-state index is 11.0. The molecule has 1 heterocycles. The summed E-state index contributed by atoms with van der Waals surface area (Å²) in [6, 6.07) is 7.24. The molecule has 0 radical (unpaired) electrons. The number of likely N-dealkylation sites (tertiary alicyclic amines) is 1. The predicted molar refractivity (Wildman–Crippen MR) is 79.0 cm³/mol. The van der Waals surface area contributed by atoms with E-state index >= 15 is 0 Å². The number of nitro benzene ring substituents is 1. The molecule has 1 aromatic carbocycles. The standard InChI is InChI=1S/C15H18N4O2/c16-8-11-1-4-15(19(20)21)14(7-11)17-9-12-5-6-18(10-12)13-2-3-13/h1,4,7,12-13,17H,2-3,5-6,9-10H2. The van der Waals surface area contributed by atoms with Crippen LogP contribution in [0.4, 0.5) is 11.4 Å². The van der Waals surface area contributed by atoms with Gasteiger partial charge >= 0.3 is 0 Å². The summed E-state index contributed by atoms with van der Waals surface area (Å²) >= 11 is 0. The van der Waals surface area contributed by atoms with Crippen LogP contribution in [0.15, 0.2) is 18.2 Å². The second-order valence-electron chi connectivity index (χ2n) is 5.86. The van der Waals surface area contributed by atoms with Crippen LogP contribution in [0.5, 0.6) is 0 Å². The maximum Gasteiger partial charge on any atom is 0.292 e. The quantitative estimate of drug-likeness (QED) is 0.663. The topological polar surface area (TPSA) is 82.2 Å². The van der Waals surface area contributed by atoms with Crippen LogP contribution < -0.4 is 5.32 Å². The molecule has 0 bridgehead atoms. The summed E-state index contributed by atoms with van der Waals surface area (Å²) in [6.07, 6.45) is 3.76. The lowest BCUT2D eigenvalue weighted by Gasteiger charge is -2.15. The first-order chi connectivity index (χ1) is 10.2. The predicted octanol–water partition coefficient (Wildman–Crippen LogP) is 2.36. The smallest absolute Gasteiger partial charge is 0.292 e. The van der Waals surface area contributed by atoms with Crippen LogP contribution in [0.25, 0.3) is 0 Å². The van der Waals surface area contributed by atoms with Crippen molar-refractivity contribution in [3.63, 3.8) is 0 Å². The molecule has 2 aliphatic rings. The van der Waals surface area contributed by atoms with E-state index in [4.69, 9.17) is 5.26 Å². The average molecular weight is 286 g/mol. The van der Waals surface area contributed by atoms with Crippen molar-refractivity contribution in [2.45, 2.75) is 25.3 Å². The average Bonchev–Trinajstić information content (AvgIpc) is 3.23. The molecule has 6 nitrogen and oxygen atoms in total. The summed E-state index contributed by atoms with van der Waals surface area (Å²) in [4.78, 5) is 13.2. The van der Waals surface area contributed by atoms with Crippen molar-refractivity contribution < 1.29 is 4.92 Å². The van der Waals surface area contributed by atoms with Crippen molar-refractivity contribution in [2.24, 2.45) is 5.92 Å². The van der Waals surface area contributed by atoms with Gasteiger partial charge in [0.05, 0.1) is 16.6 Å². The number of rotatable bonds is 5. The van der Waals surface area contributed by atoms with Crippen LogP contribution in [0.1, 0.15) is 24.8 Å². The summed E-state index contributed by atoms with van der Waals surface area (Å²) in [6.45, 7) is 2.93. The molecular weight excluding hydrogens is 268 g/mol. The van der Waals surface area contributed by atoms with Gasteiger partial charge in [0.15, 0.2) is 0 Å². The number of hydrogen-bond donors (Lipinski definition) is 1. The van der Waals surface area contributed by atoms with Crippen molar-refractivity contribution in [1.82, 2.24) is 4.90 Å². The van der Waals surface area contributed by atoms with Gasteiger partial charge in [0, 0.05) is 25.2 Å².